The SMILES string of the molecule is N#CCCCc1ccc(N2C(=S)N(c3ccc(C#N)c(C(F)(F)F)c3)C(=O)C23CCC3)cc1I. The molecule has 0 N–H and O–H groups in total. The average molecular weight is 594 g/mol. The Hall–Kier alpha value is -2.70. The van der Waals surface area contributed by atoms with E-state index in [1.165, 1.54) is 11.0 Å². The van der Waals surface area contributed by atoms with E-state index in [1.54, 1.807) is 11.0 Å². The lowest BCUT2D eigenvalue weighted by Crippen LogP contribution is -2.55. The summed E-state index contributed by atoms with van der Waals surface area (Å²) in [5, 5.41) is 18.0. The van der Waals surface area contributed by atoms with Gasteiger partial charge in [0.2, 0.25) is 0 Å². The lowest BCUT2D eigenvalue weighted by atomic mass is 9.75. The third kappa shape index (κ3) is 4.03. The molecule has 2 aliphatic rings. The molecule has 2 aromatic carbocycles. The molecule has 4 rings (SSSR count). The Balaban J connectivity index is 1.73. The highest BCUT2D eigenvalue weighted by atomic mass is 127. The molecule has 1 aliphatic heterocycles. The molecule has 34 heavy (non-hydrogen) atoms. The molecule has 1 amide bonds. The van der Waals surface area contributed by atoms with Gasteiger partial charge >= 0.3 is 6.18 Å². The summed E-state index contributed by atoms with van der Waals surface area (Å²) < 4.78 is 41.6. The molecule has 1 heterocycles. The van der Waals surface area contributed by atoms with Crippen LogP contribution < -0.4 is 9.80 Å². The monoisotopic (exact) mass is 594 g/mol. The summed E-state index contributed by atoms with van der Waals surface area (Å²) in [5.41, 5.74) is -0.741. The number of carbonyl (C=O) groups is 1. The summed E-state index contributed by atoms with van der Waals surface area (Å²) in [6.45, 7) is 0. The van der Waals surface area contributed by atoms with Crippen molar-refractivity contribution in [2.45, 2.75) is 50.2 Å². The maximum absolute atomic E-state index is 13.6. The number of unbranched alkanes of at least 4 members (excludes halogenated alkanes) is 1. The fourth-order valence-corrected chi connectivity index (χ4v) is 5.68. The van der Waals surface area contributed by atoms with Crippen molar-refractivity contribution in [2.75, 3.05) is 9.80 Å². The molecule has 0 radical (unpaired) electrons. The van der Waals surface area contributed by atoms with Gasteiger partial charge in [-0.05, 0) is 103 Å². The smallest absolute Gasteiger partial charge is 0.303 e. The van der Waals surface area contributed by atoms with Gasteiger partial charge in [-0.25, -0.2) is 0 Å². The van der Waals surface area contributed by atoms with Crippen LogP contribution in [-0.4, -0.2) is 16.6 Å². The summed E-state index contributed by atoms with van der Waals surface area (Å²) >= 11 is 7.87. The Labute approximate surface area is 213 Å². The number of hydrogen-bond donors (Lipinski definition) is 0. The summed E-state index contributed by atoms with van der Waals surface area (Å²) in [7, 11) is 0. The number of nitriles is 2. The summed E-state index contributed by atoms with van der Waals surface area (Å²) in [6, 6.07) is 12.6. The highest BCUT2D eigenvalue weighted by Crippen LogP contribution is 2.48. The minimum Gasteiger partial charge on any atom is -0.303 e. The van der Waals surface area contributed by atoms with Crippen LogP contribution in [0.25, 0.3) is 0 Å². The lowest BCUT2D eigenvalue weighted by molar-refractivity contribution is -0.137. The molecule has 2 fully saturated rings. The Kier molecular flexibility index (Phi) is 6.58. The quantitative estimate of drug-likeness (QED) is 0.238. The van der Waals surface area contributed by atoms with Crippen molar-refractivity contribution in [2.24, 2.45) is 0 Å². The van der Waals surface area contributed by atoms with E-state index in [0.29, 0.717) is 24.9 Å². The van der Waals surface area contributed by atoms with Gasteiger partial charge in [0, 0.05) is 15.7 Å². The Morgan fingerprint density at radius 2 is 1.82 bits per heavy atom. The Bertz CT molecular complexity index is 1260. The summed E-state index contributed by atoms with van der Waals surface area (Å²) in [5.74, 6) is -0.352. The minimum absolute atomic E-state index is 0.00193. The van der Waals surface area contributed by atoms with Crippen LogP contribution in [0.1, 0.15) is 48.8 Å². The van der Waals surface area contributed by atoms with Crippen LogP contribution in [0.3, 0.4) is 0 Å². The molecule has 0 unspecified atom stereocenters. The van der Waals surface area contributed by atoms with Gasteiger partial charge in [0.15, 0.2) is 5.11 Å². The number of amides is 1. The van der Waals surface area contributed by atoms with Gasteiger partial charge in [0.05, 0.1) is 29.0 Å². The van der Waals surface area contributed by atoms with Crippen LogP contribution in [0.4, 0.5) is 24.5 Å². The van der Waals surface area contributed by atoms with Gasteiger partial charge in [-0.3, -0.25) is 9.69 Å². The average Bonchev–Trinajstić information content (AvgIpc) is 3.00. The van der Waals surface area contributed by atoms with Gasteiger partial charge in [0.25, 0.3) is 5.91 Å². The van der Waals surface area contributed by atoms with Gasteiger partial charge in [-0.1, -0.05) is 6.07 Å². The second-order valence-corrected chi connectivity index (χ2v) is 9.80. The van der Waals surface area contributed by atoms with Crippen molar-refractivity contribution in [3.63, 3.8) is 0 Å². The third-order valence-corrected chi connectivity index (χ3v) is 7.68. The first-order chi connectivity index (χ1) is 16.1. The Morgan fingerprint density at radius 1 is 1.12 bits per heavy atom. The van der Waals surface area contributed by atoms with E-state index >= 15 is 0 Å². The number of nitrogens with zero attached hydrogens (tertiary/aromatic N) is 4. The van der Waals surface area contributed by atoms with Crippen LogP contribution >= 0.6 is 34.8 Å². The van der Waals surface area contributed by atoms with Crippen LogP contribution in [0.15, 0.2) is 36.4 Å². The number of rotatable bonds is 5. The fourth-order valence-electron chi connectivity index (χ4n) is 4.45. The Morgan fingerprint density at radius 3 is 2.38 bits per heavy atom. The molecule has 1 aliphatic carbocycles. The van der Waals surface area contributed by atoms with Crippen LogP contribution in [0.5, 0.6) is 0 Å². The van der Waals surface area contributed by atoms with Gasteiger partial charge < -0.3 is 4.90 Å². The van der Waals surface area contributed by atoms with Gasteiger partial charge in [0.1, 0.15) is 5.54 Å². The number of hydrogen-bond acceptors (Lipinski definition) is 4. The van der Waals surface area contributed by atoms with E-state index in [-0.39, 0.29) is 16.7 Å². The standard InChI is InChI=1S/C24H18F3IN4OS/c25-24(26,27)19-12-17(7-6-16(19)14-30)31-21(33)23(9-3-10-23)32(22(31)34)18-8-5-15(20(28)13-18)4-1-2-11-29/h5-8,12-13H,1-4,9-10H2. The maximum atomic E-state index is 13.6. The van der Waals surface area contributed by atoms with Crippen molar-refractivity contribution >= 4 is 57.2 Å². The molecule has 1 saturated carbocycles. The largest absolute Gasteiger partial charge is 0.417 e. The zero-order chi connectivity index (χ0) is 24.7. The van der Waals surface area contributed by atoms with Crippen LogP contribution in [-0.2, 0) is 17.4 Å². The number of aryl methyl sites for hydroxylation is 1. The highest BCUT2D eigenvalue weighted by molar-refractivity contribution is 14.1. The third-order valence-electron chi connectivity index (χ3n) is 6.31. The second kappa shape index (κ2) is 9.16. The number of carbonyl (C=O) groups excluding carboxylic acids is 1. The molecular weight excluding hydrogens is 576 g/mol. The predicted octanol–water partition coefficient (Wildman–Crippen LogP) is 6.09. The van der Waals surface area contributed by atoms with Crippen molar-refractivity contribution in [1.82, 2.24) is 0 Å². The first kappa shape index (κ1) is 24.4. The molecule has 1 spiro atoms. The molecule has 0 atom stereocenters. The normalized spacial score (nSPS) is 17.0. The maximum Gasteiger partial charge on any atom is 0.417 e. The molecule has 5 nitrogen and oxygen atoms in total. The van der Waals surface area contributed by atoms with Crippen LogP contribution in [0, 0.1) is 26.2 Å². The zero-order valence-corrected chi connectivity index (χ0v) is 20.8. The first-order valence-corrected chi connectivity index (χ1v) is 12.1. The topological polar surface area (TPSA) is 71.1 Å². The van der Waals surface area contributed by atoms with Gasteiger partial charge in [-0.15, -0.1) is 0 Å². The van der Waals surface area contributed by atoms with E-state index < -0.39 is 22.8 Å². The fraction of sp³-hybridized carbons (Fsp3) is 0.333. The number of alkyl halides is 3. The molecule has 2 aromatic rings. The van der Waals surface area contributed by atoms with E-state index in [2.05, 4.69) is 28.7 Å². The number of thiocarbonyl (C=S) groups is 1. The summed E-state index contributed by atoms with van der Waals surface area (Å²) in [4.78, 5) is 16.5. The zero-order valence-electron chi connectivity index (χ0n) is 17.8. The van der Waals surface area contributed by atoms with Gasteiger partial charge in [-0.2, -0.15) is 23.7 Å². The first-order valence-electron chi connectivity index (χ1n) is 10.6. The summed E-state index contributed by atoms with van der Waals surface area (Å²) in [6.07, 6.45) is -0.884. The van der Waals surface area contributed by atoms with E-state index in [0.717, 1.165) is 40.5 Å². The molecule has 10 heteroatoms. The van der Waals surface area contributed by atoms with Crippen molar-refractivity contribution < 1.29 is 18.0 Å². The number of benzene rings is 2. The minimum atomic E-state index is -4.74. The van der Waals surface area contributed by atoms with Crippen molar-refractivity contribution in [3.8, 4) is 12.1 Å². The van der Waals surface area contributed by atoms with Crippen molar-refractivity contribution in [1.29, 1.82) is 10.5 Å². The van der Waals surface area contributed by atoms with E-state index in [1.807, 2.05) is 18.2 Å². The van der Waals surface area contributed by atoms with Crippen LogP contribution in [0.2, 0.25) is 0 Å². The highest BCUT2D eigenvalue weighted by Gasteiger charge is 2.59. The number of anilines is 2. The molecule has 0 aromatic heterocycles. The van der Waals surface area contributed by atoms with E-state index in [4.69, 9.17) is 22.7 Å². The lowest BCUT2D eigenvalue weighted by Gasteiger charge is -2.43. The number of halogens is 4. The van der Waals surface area contributed by atoms with Crippen molar-refractivity contribution in [3.05, 3.63) is 56.7 Å². The predicted molar refractivity (Wildman–Crippen MR) is 133 cm³/mol. The molecule has 174 valence electrons. The molecule has 1 saturated heterocycles. The molecule has 0 bridgehead atoms. The second-order valence-electron chi connectivity index (χ2n) is 8.27. The molecular formula is C24H18F3IN4OS. The van der Waals surface area contributed by atoms with E-state index in [9.17, 15) is 18.0 Å².